The van der Waals surface area contributed by atoms with E-state index in [0.29, 0.717) is 12.6 Å². The Hall–Kier alpha value is -1.47. The molecular formula is C18H29N5O2. The second kappa shape index (κ2) is 7.03. The largest absolute Gasteiger partial charge is 0.365 e. The number of carbonyl (C=O) groups is 1. The zero-order valence-electron chi connectivity index (χ0n) is 15.2. The number of amides is 1. The number of rotatable bonds is 4. The quantitative estimate of drug-likeness (QED) is 0.828. The van der Waals surface area contributed by atoms with Gasteiger partial charge in [-0.15, -0.1) is 5.10 Å². The van der Waals surface area contributed by atoms with Crippen molar-refractivity contribution in [3.8, 4) is 0 Å². The van der Waals surface area contributed by atoms with E-state index in [1.54, 1.807) is 0 Å². The lowest BCUT2D eigenvalue weighted by molar-refractivity contribution is -0.152. The molecule has 3 aliphatic heterocycles. The Bertz CT molecular complexity index is 596. The minimum absolute atomic E-state index is 0.164. The monoisotopic (exact) mass is 347 g/mol. The Morgan fingerprint density at radius 2 is 2.00 bits per heavy atom. The lowest BCUT2D eigenvalue weighted by atomic mass is 9.98. The smallest absolute Gasteiger partial charge is 0.254 e. The highest BCUT2D eigenvalue weighted by Gasteiger charge is 2.41. The van der Waals surface area contributed by atoms with E-state index in [9.17, 15) is 4.79 Å². The normalized spacial score (nSPS) is 28.8. The Labute approximate surface area is 149 Å². The van der Waals surface area contributed by atoms with Crippen molar-refractivity contribution < 1.29 is 9.53 Å². The van der Waals surface area contributed by atoms with Crippen molar-refractivity contribution in [2.24, 2.45) is 0 Å². The number of aromatic nitrogens is 3. The maximum absolute atomic E-state index is 12.7. The summed E-state index contributed by atoms with van der Waals surface area (Å²) in [6, 6.07) is 0.348. The highest BCUT2D eigenvalue weighted by Crippen LogP contribution is 2.30. The van der Waals surface area contributed by atoms with Crippen LogP contribution in [-0.2, 0) is 16.1 Å². The molecule has 4 rings (SSSR count). The standard InChI is InChI=1S/C18H29N5O2/c1-18(7-4-12-25-18)17(24)22-10-5-16(6-11-22)23-14-15(19-20-23)13-21-8-2-3-9-21/h14,16H,2-13H2,1H3/t18-/m1/s1. The van der Waals surface area contributed by atoms with Crippen LogP contribution in [0.25, 0.3) is 0 Å². The first-order chi connectivity index (χ1) is 12.1. The van der Waals surface area contributed by atoms with Gasteiger partial charge in [0.1, 0.15) is 5.60 Å². The third-order valence-corrected chi connectivity index (χ3v) is 5.94. The summed E-state index contributed by atoms with van der Waals surface area (Å²) in [6.07, 6.45) is 8.39. The number of hydrogen-bond donors (Lipinski definition) is 0. The van der Waals surface area contributed by atoms with Crippen LogP contribution in [0.5, 0.6) is 0 Å². The van der Waals surface area contributed by atoms with Crippen LogP contribution in [0.2, 0.25) is 0 Å². The molecule has 0 N–H and O–H groups in total. The summed E-state index contributed by atoms with van der Waals surface area (Å²) in [7, 11) is 0. The Kier molecular flexibility index (Phi) is 4.78. The molecule has 3 aliphatic rings. The fourth-order valence-electron chi connectivity index (χ4n) is 4.35. The second-order valence-electron chi connectivity index (χ2n) is 7.88. The van der Waals surface area contributed by atoms with Crippen LogP contribution in [0.3, 0.4) is 0 Å². The molecule has 0 unspecified atom stereocenters. The average molecular weight is 347 g/mol. The molecule has 0 saturated carbocycles. The molecule has 138 valence electrons. The van der Waals surface area contributed by atoms with Crippen molar-refractivity contribution in [2.75, 3.05) is 32.8 Å². The van der Waals surface area contributed by atoms with Crippen LogP contribution in [0.1, 0.15) is 57.2 Å². The Balaban J connectivity index is 1.31. The number of likely N-dealkylation sites (tertiary alicyclic amines) is 2. The number of piperidine rings is 1. The molecule has 7 nitrogen and oxygen atoms in total. The maximum Gasteiger partial charge on any atom is 0.254 e. The third-order valence-electron chi connectivity index (χ3n) is 5.94. The summed E-state index contributed by atoms with van der Waals surface area (Å²) in [5, 5.41) is 8.71. The zero-order chi connectivity index (χ0) is 17.3. The highest BCUT2D eigenvalue weighted by molar-refractivity contribution is 5.85. The molecule has 0 aliphatic carbocycles. The topological polar surface area (TPSA) is 63.5 Å². The molecule has 4 heterocycles. The van der Waals surface area contributed by atoms with E-state index >= 15 is 0 Å². The number of carbonyl (C=O) groups excluding carboxylic acids is 1. The zero-order valence-corrected chi connectivity index (χ0v) is 15.2. The number of nitrogens with zero attached hydrogens (tertiary/aromatic N) is 5. The minimum Gasteiger partial charge on any atom is -0.365 e. The predicted molar refractivity (Wildman–Crippen MR) is 93.0 cm³/mol. The molecule has 7 heteroatoms. The molecule has 0 radical (unpaired) electrons. The van der Waals surface area contributed by atoms with Crippen molar-refractivity contribution in [3.05, 3.63) is 11.9 Å². The van der Waals surface area contributed by atoms with E-state index in [-0.39, 0.29) is 5.91 Å². The molecule has 1 atom stereocenters. The van der Waals surface area contributed by atoms with Crippen molar-refractivity contribution in [1.82, 2.24) is 24.8 Å². The van der Waals surface area contributed by atoms with E-state index < -0.39 is 5.60 Å². The van der Waals surface area contributed by atoms with Crippen LogP contribution >= 0.6 is 0 Å². The van der Waals surface area contributed by atoms with Gasteiger partial charge in [0, 0.05) is 26.2 Å². The van der Waals surface area contributed by atoms with Gasteiger partial charge in [0.15, 0.2) is 0 Å². The first-order valence-electron chi connectivity index (χ1n) is 9.70. The summed E-state index contributed by atoms with van der Waals surface area (Å²) in [6.45, 7) is 7.47. The van der Waals surface area contributed by atoms with E-state index in [0.717, 1.165) is 51.0 Å². The highest BCUT2D eigenvalue weighted by atomic mass is 16.5. The number of hydrogen-bond acceptors (Lipinski definition) is 5. The van der Waals surface area contributed by atoms with Gasteiger partial charge < -0.3 is 9.64 Å². The van der Waals surface area contributed by atoms with Gasteiger partial charge in [0.25, 0.3) is 5.91 Å². The second-order valence-corrected chi connectivity index (χ2v) is 7.88. The first-order valence-corrected chi connectivity index (χ1v) is 9.70. The van der Waals surface area contributed by atoms with Crippen molar-refractivity contribution in [3.63, 3.8) is 0 Å². The van der Waals surface area contributed by atoms with Crippen molar-refractivity contribution >= 4 is 5.91 Å². The summed E-state index contributed by atoms with van der Waals surface area (Å²) in [5.74, 6) is 0.164. The fraction of sp³-hybridized carbons (Fsp3) is 0.833. The van der Waals surface area contributed by atoms with E-state index in [2.05, 4.69) is 21.4 Å². The fourth-order valence-corrected chi connectivity index (χ4v) is 4.35. The van der Waals surface area contributed by atoms with Gasteiger partial charge in [-0.25, -0.2) is 4.68 Å². The lowest BCUT2D eigenvalue weighted by Gasteiger charge is -2.36. The molecular weight excluding hydrogens is 318 g/mol. The molecule has 1 aromatic heterocycles. The van der Waals surface area contributed by atoms with E-state index in [1.165, 1.54) is 25.9 Å². The first kappa shape index (κ1) is 17.0. The van der Waals surface area contributed by atoms with Gasteiger partial charge in [-0.3, -0.25) is 9.69 Å². The third kappa shape index (κ3) is 3.58. The van der Waals surface area contributed by atoms with Crippen molar-refractivity contribution in [2.45, 2.75) is 63.6 Å². The van der Waals surface area contributed by atoms with Crippen LogP contribution in [0.15, 0.2) is 6.20 Å². The molecule has 0 bridgehead atoms. The van der Waals surface area contributed by atoms with E-state index in [4.69, 9.17) is 4.74 Å². The minimum atomic E-state index is -0.594. The van der Waals surface area contributed by atoms with Gasteiger partial charge in [0.2, 0.25) is 0 Å². The van der Waals surface area contributed by atoms with Crippen LogP contribution < -0.4 is 0 Å². The molecule has 0 spiro atoms. The Morgan fingerprint density at radius 1 is 1.24 bits per heavy atom. The summed E-state index contributed by atoms with van der Waals surface area (Å²) >= 11 is 0. The summed E-state index contributed by atoms with van der Waals surface area (Å²) < 4.78 is 7.73. The molecule has 25 heavy (non-hydrogen) atoms. The van der Waals surface area contributed by atoms with E-state index in [1.807, 2.05) is 16.5 Å². The van der Waals surface area contributed by atoms with Gasteiger partial charge in [0.05, 0.1) is 17.9 Å². The molecule has 0 aromatic carbocycles. The average Bonchev–Trinajstić information content (AvgIpc) is 3.38. The maximum atomic E-state index is 12.7. The lowest BCUT2D eigenvalue weighted by Crippen LogP contribution is -2.49. The molecule has 1 aromatic rings. The van der Waals surface area contributed by atoms with Gasteiger partial charge in [-0.2, -0.15) is 0 Å². The van der Waals surface area contributed by atoms with Gasteiger partial charge in [-0.05, 0) is 58.5 Å². The van der Waals surface area contributed by atoms with Crippen LogP contribution in [-0.4, -0.2) is 69.1 Å². The summed E-state index contributed by atoms with van der Waals surface area (Å²) in [5.41, 5.74) is 0.468. The Morgan fingerprint density at radius 3 is 2.68 bits per heavy atom. The van der Waals surface area contributed by atoms with Crippen LogP contribution in [0.4, 0.5) is 0 Å². The SMILES string of the molecule is C[C@]1(C(=O)N2CCC(n3cc(CN4CCCC4)nn3)CC2)CCCO1. The predicted octanol–water partition coefficient (Wildman–Crippen LogP) is 1.61. The van der Waals surface area contributed by atoms with Crippen molar-refractivity contribution in [1.29, 1.82) is 0 Å². The van der Waals surface area contributed by atoms with Gasteiger partial charge in [-0.1, -0.05) is 5.21 Å². The number of ether oxygens (including phenoxy) is 1. The van der Waals surface area contributed by atoms with Gasteiger partial charge >= 0.3 is 0 Å². The molecule has 3 saturated heterocycles. The van der Waals surface area contributed by atoms with Crippen LogP contribution in [0, 0.1) is 0 Å². The summed E-state index contributed by atoms with van der Waals surface area (Å²) in [4.78, 5) is 17.1. The molecule has 1 amide bonds. The molecule has 3 fully saturated rings.